The maximum atomic E-state index is 12.1. The average Bonchev–Trinajstić information content (AvgIpc) is 2.40. The fourth-order valence-corrected chi connectivity index (χ4v) is 3.45. The minimum Gasteiger partial charge on any atom is -0.395 e. The molecule has 0 heterocycles. The second-order valence-corrected chi connectivity index (χ2v) is 6.35. The molecule has 1 aromatic rings. The maximum absolute atomic E-state index is 12.1. The summed E-state index contributed by atoms with van der Waals surface area (Å²) in [6.07, 6.45) is 0. The zero-order chi connectivity index (χ0) is 15.8. The van der Waals surface area contributed by atoms with Crippen LogP contribution in [-0.2, 0) is 9.53 Å². The standard InChI is InChI=1S/C14H20Br2N2O3/c1-10-7-11(15)14(12(16)8-10)17-13(20)9-18(3-5-19)4-6-21-2/h7-8,19H,3-6,9H2,1-2H3,(H,17,20). The number of aryl methyl sites for hydroxylation is 1. The third kappa shape index (κ3) is 6.44. The first-order chi connectivity index (χ1) is 9.97. The Labute approximate surface area is 141 Å². The smallest absolute Gasteiger partial charge is 0.238 e. The Morgan fingerprint density at radius 2 is 1.95 bits per heavy atom. The van der Waals surface area contributed by atoms with Crippen LogP contribution < -0.4 is 5.32 Å². The summed E-state index contributed by atoms with van der Waals surface area (Å²) in [7, 11) is 1.61. The number of aliphatic hydroxyl groups excluding tert-OH is 1. The lowest BCUT2D eigenvalue weighted by molar-refractivity contribution is -0.117. The van der Waals surface area contributed by atoms with Crippen LogP contribution in [0.1, 0.15) is 5.56 Å². The molecule has 0 aromatic heterocycles. The van der Waals surface area contributed by atoms with Gasteiger partial charge in [-0.3, -0.25) is 9.69 Å². The number of anilines is 1. The zero-order valence-corrected chi connectivity index (χ0v) is 15.3. The number of methoxy groups -OCH3 is 1. The zero-order valence-electron chi connectivity index (χ0n) is 12.2. The summed E-state index contributed by atoms with van der Waals surface area (Å²) in [5.41, 5.74) is 1.80. The van der Waals surface area contributed by atoms with E-state index in [9.17, 15) is 4.79 Å². The van der Waals surface area contributed by atoms with E-state index in [4.69, 9.17) is 9.84 Å². The number of rotatable bonds is 8. The lowest BCUT2D eigenvalue weighted by Gasteiger charge is -2.20. The summed E-state index contributed by atoms with van der Waals surface area (Å²) < 4.78 is 6.65. The molecule has 0 fully saturated rings. The van der Waals surface area contributed by atoms with Gasteiger partial charge in [0.2, 0.25) is 5.91 Å². The Morgan fingerprint density at radius 3 is 2.48 bits per heavy atom. The van der Waals surface area contributed by atoms with Gasteiger partial charge in [0.15, 0.2) is 0 Å². The van der Waals surface area contributed by atoms with Gasteiger partial charge in [-0.15, -0.1) is 0 Å². The van der Waals surface area contributed by atoms with Crippen LogP contribution in [0.3, 0.4) is 0 Å². The largest absolute Gasteiger partial charge is 0.395 e. The molecule has 0 aliphatic carbocycles. The highest BCUT2D eigenvalue weighted by Gasteiger charge is 2.13. The molecule has 0 saturated heterocycles. The molecule has 0 radical (unpaired) electrons. The van der Waals surface area contributed by atoms with E-state index in [0.717, 1.165) is 14.5 Å². The molecule has 1 amide bonds. The van der Waals surface area contributed by atoms with Gasteiger partial charge >= 0.3 is 0 Å². The first-order valence-corrected chi connectivity index (χ1v) is 8.14. The molecule has 118 valence electrons. The number of halogens is 2. The van der Waals surface area contributed by atoms with E-state index in [2.05, 4.69) is 37.2 Å². The molecule has 0 aliphatic rings. The number of carbonyl (C=O) groups excluding carboxylic acids is 1. The predicted octanol–water partition coefficient (Wildman–Crippen LogP) is 2.40. The van der Waals surface area contributed by atoms with E-state index in [1.807, 2.05) is 24.0 Å². The summed E-state index contributed by atoms with van der Waals surface area (Å²) in [5.74, 6) is -0.134. The van der Waals surface area contributed by atoms with Gasteiger partial charge < -0.3 is 15.2 Å². The highest BCUT2D eigenvalue weighted by atomic mass is 79.9. The van der Waals surface area contributed by atoms with Gasteiger partial charge in [0.1, 0.15) is 0 Å². The molecular formula is C14H20Br2N2O3. The van der Waals surface area contributed by atoms with Crippen molar-refractivity contribution >= 4 is 43.5 Å². The fourth-order valence-electron chi connectivity index (χ4n) is 1.83. The van der Waals surface area contributed by atoms with Gasteiger partial charge in [0, 0.05) is 29.1 Å². The van der Waals surface area contributed by atoms with Crippen molar-refractivity contribution in [2.45, 2.75) is 6.92 Å². The van der Waals surface area contributed by atoms with E-state index in [0.29, 0.717) is 25.4 Å². The molecule has 0 saturated carbocycles. The topological polar surface area (TPSA) is 61.8 Å². The van der Waals surface area contributed by atoms with Gasteiger partial charge in [-0.05, 0) is 56.5 Å². The van der Waals surface area contributed by atoms with Crippen LogP contribution in [-0.4, -0.2) is 55.9 Å². The number of ether oxygens (including phenoxy) is 1. The first-order valence-electron chi connectivity index (χ1n) is 6.55. The number of amides is 1. The van der Waals surface area contributed by atoms with Crippen molar-refractivity contribution in [2.75, 3.05) is 45.3 Å². The second-order valence-electron chi connectivity index (χ2n) is 4.64. The molecule has 0 bridgehead atoms. The fraction of sp³-hybridized carbons (Fsp3) is 0.500. The number of nitrogens with one attached hydrogen (secondary N) is 1. The molecule has 0 unspecified atom stereocenters. The van der Waals surface area contributed by atoms with E-state index in [-0.39, 0.29) is 19.1 Å². The van der Waals surface area contributed by atoms with Gasteiger partial charge in [-0.25, -0.2) is 0 Å². The number of aliphatic hydroxyl groups is 1. The molecule has 21 heavy (non-hydrogen) atoms. The number of hydrogen-bond acceptors (Lipinski definition) is 4. The van der Waals surface area contributed by atoms with Crippen LogP contribution in [0, 0.1) is 6.92 Å². The van der Waals surface area contributed by atoms with Crippen molar-refractivity contribution in [1.82, 2.24) is 4.90 Å². The van der Waals surface area contributed by atoms with Crippen LogP contribution in [0.2, 0.25) is 0 Å². The van der Waals surface area contributed by atoms with E-state index in [1.54, 1.807) is 7.11 Å². The van der Waals surface area contributed by atoms with Crippen molar-refractivity contribution < 1.29 is 14.6 Å². The van der Waals surface area contributed by atoms with Gasteiger partial charge in [-0.2, -0.15) is 0 Å². The average molecular weight is 424 g/mol. The van der Waals surface area contributed by atoms with Gasteiger partial charge in [0.25, 0.3) is 0 Å². The molecule has 0 atom stereocenters. The minimum atomic E-state index is -0.134. The van der Waals surface area contributed by atoms with Crippen molar-refractivity contribution in [3.8, 4) is 0 Å². The van der Waals surface area contributed by atoms with Gasteiger partial charge in [-0.1, -0.05) is 0 Å². The summed E-state index contributed by atoms with van der Waals surface area (Å²) in [6, 6.07) is 3.88. The number of hydrogen-bond donors (Lipinski definition) is 2. The van der Waals surface area contributed by atoms with Crippen LogP contribution in [0.4, 0.5) is 5.69 Å². The predicted molar refractivity (Wildman–Crippen MR) is 90.6 cm³/mol. The molecule has 5 nitrogen and oxygen atoms in total. The van der Waals surface area contributed by atoms with E-state index >= 15 is 0 Å². The maximum Gasteiger partial charge on any atom is 0.238 e. The van der Waals surface area contributed by atoms with E-state index in [1.165, 1.54) is 0 Å². The molecule has 1 aromatic carbocycles. The molecule has 1 rings (SSSR count). The molecule has 0 aliphatic heterocycles. The summed E-state index contributed by atoms with van der Waals surface area (Å²) in [5, 5.41) is 11.9. The lowest BCUT2D eigenvalue weighted by Crippen LogP contribution is -2.37. The summed E-state index contributed by atoms with van der Waals surface area (Å²) in [4.78, 5) is 14.0. The Kier molecular flexibility index (Phi) is 8.43. The number of nitrogens with zero attached hydrogens (tertiary/aromatic N) is 1. The quantitative estimate of drug-likeness (QED) is 0.673. The Balaban J connectivity index is 2.67. The molecule has 7 heteroatoms. The Morgan fingerprint density at radius 1 is 1.33 bits per heavy atom. The third-order valence-electron chi connectivity index (χ3n) is 2.85. The number of carbonyl (C=O) groups is 1. The minimum absolute atomic E-state index is 0.00884. The molecular weight excluding hydrogens is 404 g/mol. The van der Waals surface area contributed by atoms with Gasteiger partial charge in [0.05, 0.1) is 25.4 Å². The highest BCUT2D eigenvalue weighted by molar-refractivity contribution is 9.11. The van der Waals surface area contributed by atoms with Crippen LogP contribution >= 0.6 is 31.9 Å². The Bertz CT molecular complexity index is 460. The lowest BCUT2D eigenvalue weighted by atomic mass is 10.2. The Hall–Kier alpha value is -0.470. The molecule has 2 N–H and O–H groups in total. The van der Waals surface area contributed by atoms with Crippen LogP contribution in [0.5, 0.6) is 0 Å². The van der Waals surface area contributed by atoms with Crippen molar-refractivity contribution in [1.29, 1.82) is 0 Å². The van der Waals surface area contributed by atoms with Crippen LogP contribution in [0.25, 0.3) is 0 Å². The van der Waals surface area contributed by atoms with Crippen molar-refractivity contribution in [3.63, 3.8) is 0 Å². The first kappa shape index (κ1) is 18.6. The normalized spacial score (nSPS) is 11.0. The monoisotopic (exact) mass is 422 g/mol. The SMILES string of the molecule is COCCN(CCO)CC(=O)Nc1c(Br)cc(C)cc1Br. The highest BCUT2D eigenvalue weighted by Crippen LogP contribution is 2.32. The number of benzene rings is 1. The third-order valence-corrected chi connectivity index (χ3v) is 4.10. The second kappa shape index (κ2) is 9.53. The van der Waals surface area contributed by atoms with Crippen LogP contribution in [0.15, 0.2) is 21.1 Å². The van der Waals surface area contributed by atoms with Crippen molar-refractivity contribution in [3.05, 3.63) is 26.6 Å². The van der Waals surface area contributed by atoms with E-state index < -0.39 is 0 Å². The molecule has 0 spiro atoms. The van der Waals surface area contributed by atoms with Crippen molar-refractivity contribution in [2.24, 2.45) is 0 Å². The summed E-state index contributed by atoms with van der Waals surface area (Å²) in [6.45, 7) is 3.75. The summed E-state index contributed by atoms with van der Waals surface area (Å²) >= 11 is 6.89.